The summed E-state index contributed by atoms with van der Waals surface area (Å²) in [4.78, 5) is 28.8. The van der Waals surface area contributed by atoms with E-state index in [1.54, 1.807) is 20.8 Å². The van der Waals surface area contributed by atoms with Gasteiger partial charge in [0.1, 0.15) is 16.5 Å². The highest BCUT2D eigenvalue weighted by molar-refractivity contribution is 7.17. The summed E-state index contributed by atoms with van der Waals surface area (Å²) in [7, 11) is 0. The molecule has 0 saturated carbocycles. The van der Waals surface area contributed by atoms with E-state index < -0.39 is 5.97 Å². The minimum absolute atomic E-state index is 0.100. The molecule has 0 amide bonds. The Hall–Kier alpha value is -3.13. The van der Waals surface area contributed by atoms with E-state index >= 15 is 0 Å². The average Bonchev–Trinajstić information content (AvgIpc) is 3.26. The summed E-state index contributed by atoms with van der Waals surface area (Å²) in [5, 5.41) is 1.60. The average molecular weight is 428 g/mol. The molecule has 30 heavy (non-hydrogen) atoms. The number of aryl methyl sites for hydroxylation is 1. The molecule has 0 aliphatic heterocycles. The van der Waals surface area contributed by atoms with Crippen molar-refractivity contribution in [3.8, 4) is 10.6 Å². The topological polar surface area (TPSA) is 96.4 Å². The Bertz CT molecular complexity index is 1130. The molecule has 0 aliphatic carbocycles. The number of carbonyl (C=O) groups is 2. The number of carbonyl (C=O) groups excluding carboxylic acids is 2. The highest BCUT2D eigenvalue weighted by Gasteiger charge is 2.19. The van der Waals surface area contributed by atoms with Crippen molar-refractivity contribution in [2.45, 2.75) is 33.7 Å². The van der Waals surface area contributed by atoms with Gasteiger partial charge in [-0.3, -0.25) is 0 Å². The number of benzene rings is 1. The van der Waals surface area contributed by atoms with Gasteiger partial charge in [-0.1, -0.05) is 6.58 Å². The predicted octanol–water partition coefficient (Wildman–Crippen LogP) is 4.51. The molecule has 2 heterocycles. The number of nitrogens with zero attached hydrogens (tertiary/aromatic N) is 2. The standard InChI is InChI=1S/C22H25N3O4S/c1-6-28-22(27)19-14(5)24-20(30-19)15-7-8-18-16(9-15)17(23)10-25(18)13(4)11-29-21(26)12(2)3/h7-10,13H,2,6,11,23H2,1,3-5H3. The van der Waals surface area contributed by atoms with Crippen molar-refractivity contribution in [1.29, 1.82) is 0 Å². The maximum absolute atomic E-state index is 12.1. The van der Waals surface area contributed by atoms with Crippen LogP contribution in [0.3, 0.4) is 0 Å². The summed E-state index contributed by atoms with van der Waals surface area (Å²) in [6.45, 7) is 11.3. The molecule has 3 aromatic rings. The van der Waals surface area contributed by atoms with Crippen molar-refractivity contribution >= 4 is 39.9 Å². The summed E-state index contributed by atoms with van der Waals surface area (Å²) in [6, 6.07) is 5.76. The van der Waals surface area contributed by atoms with Crippen LogP contribution >= 0.6 is 11.3 Å². The van der Waals surface area contributed by atoms with Gasteiger partial charge in [-0.05, 0) is 45.9 Å². The quantitative estimate of drug-likeness (QED) is 0.440. The Labute approximate surface area is 179 Å². The SMILES string of the molecule is C=C(C)C(=O)OCC(C)n1cc(N)c2cc(-c3nc(C)c(C(=O)OCC)s3)ccc21. The van der Waals surface area contributed by atoms with E-state index in [0.29, 0.717) is 28.4 Å². The Kier molecular flexibility index (Phi) is 6.26. The Morgan fingerprint density at radius 2 is 2.07 bits per heavy atom. The fraction of sp³-hybridized carbons (Fsp3) is 0.318. The molecule has 1 atom stereocenters. The van der Waals surface area contributed by atoms with Gasteiger partial charge < -0.3 is 19.8 Å². The van der Waals surface area contributed by atoms with E-state index in [2.05, 4.69) is 11.6 Å². The number of thiazole rings is 1. The lowest BCUT2D eigenvalue weighted by molar-refractivity contribution is -0.139. The number of anilines is 1. The van der Waals surface area contributed by atoms with E-state index in [0.717, 1.165) is 21.5 Å². The van der Waals surface area contributed by atoms with Gasteiger partial charge in [0.15, 0.2) is 0 Å². The van der Waals surface area contributed by atoms with Crippen LogP contribution in [-0.2, 0) is 14.3 Å². The van der Waals surface area contributed by atoms with Gasteiger partial charge in [-0.25, -0.2) is 14.6 Å². The molecule has 2 aromatic heterocycles. The first-order chi connectivity index (χ1) is 14.2. The molecule has 2 N–H and O–H groups in total. The van der Waals surface area contributed by atoms with Gasteiger partial charge in [0.05, 0.1) is 29.5 Å². The molecule has 0 fully saturated rings. The fourth-order valence-electron chi connectivity index (χ4n) is 3.08. The lowest BCUT2D eigenvalue weighted by Gasteiger charge is -2.15. The zero-order valence-corrected chi connectivity index (χ0v) is 18.3. The molecular weight excluding hydrogens is 402 g/mol. The Morgan fingerprint density at radius 1 is 1.33 bits per heavy atom. The smallest absolute Gasteiger partial charge is 0.350 e. The van der Waals surface area contributed by atoms with Crippen molar-refractivity contribution < 1.29 is 19.1 Å². The third-order valence-corrected chi connectivity index (χ3v) is 5.83. The van der Waals surface area contributed by atoms with Crippen LogP contribution in [0.4, 0.5) is 5.69 Å². The molecule has 1 unspecified atom stereocenters. The number of aromatic nitrogens is 2. The molecule has 0 aliphatic rings. The summed E-state index contributed by atoms with van der Waals surface area (Å²) in [5.74, 6) is -0.770. The molecule has 3 rings (SSSR count). The first-order valence-corrected chi connectivity index (χ1v) is 10.4. The molecule has 0 radical (unpaired) electrons. The molecule has 1 aromatic carbocycles. The highest BCUT2D eigenvalue weighted by atomic mass is 32.1. The number of nitrogen functional groups attached to an aromatic ring is 1. The van der Waals surface area contributed by atoms with Gasteiger partial charge in [0, 0.05) is 22.7 Å². The minimum atomic E-state index is -0.412. The number of nitrogens with two attached hydrogens (primary N) is 1. The van der Waals surface area contributed by atoms with Crippen molar-refractivity contribution in [1.82, 2.24) is 9.55 Å². The number of ether oxygens (including phenoxy) is 2. The number of rotatable bonds is 7. The van der Waals surface area contributed by atoms with Gasteiger partial charge in [-0.15, -0.1) is 11.3 Å². The maximum Gasteiger partial charge on any atom is 0.350 e. The third-order valence-electron chi connectivity index (χ3n) is 4.65. The van der Waals surface area contributed by atoms with Crippen molar-refractivity contribution in [2.75, 3.05) is 18.9 Å². The lowest BCUT2D eigenvalue weighted by atomic mass is 10.1. The van der Waals surface area contributed by atoms with Crippen molar-refractivity contribution in [3.05, 3.63) is 47.1 Å². The second-order valence-corrected chi connectivity index (χ2v) is 8.10. The second kappa shape index (κ2) is 8.71. The molecule has 7 nitrogen and oxygen atoms in total. The zero-order chi connectivity index (χ0) is 22.0. The largest absolute Gasteiger partial charge is 0.462 e. The van der Waals surface area contributed by atoms with Crippen LogP contribution in [-0.4, -0.2) is 34.7 Å². The Morgan fingerprint density at radius 3 is 2.73 bits per heavy atom. The number of hydrogen-bond acceptors (Lipinski definition) is 7. The normalized spacial score (nSPS) is 12.0. The zero-order valence-electron chi connectivity index (χ0n) is 17.5. The molecular formula is C22H25N3O4S. The number of fused-ring (bicyclic) bond motifs is 1. The van der Waals surface area contributed by atoms with Gasteiger partial charge in [-0.2, -0.15) is 0 Å². The van der Waals surface area contributed by atoms with Crippen LogP contribution in [0.25, 0.3) is 21.5 Å². The van der Waals surface area contributed by atoms with Crippen molar-refractivity contribution in [3.63, 3.8) is 0 Å². The molecule has 0 saturated heterocycles. The summed E-state index contributed by atoms with van der Waals surface area (Å²) in [5.41, 5.74) is 9.68. The van der Waals surface area contributed by atoms with Crippen LogP contribution in [0, 0.1) is 6.92 Å². The van der Waals surface area contributed by atoms with E-state index in [4.69, 9.17) is 15.2 Å². The lowest BCUT2D eigenvalue weighted by Crippen LogP contribution is -2.15. The van der Waals surface area contributed by atoms with Crippen LogP contribution in [0.1, 0.15) is 42.2 Å². The van der Waals surface area contributed by atoms with Crippen LogP contribution in [0.5, 0.6) is 0 Å². The summed E-state index contributed by atoms with van der Waals surface area (Å²) < 4.78 is 12.4. The first kappa shape index (κ1) is 21.6. The number of esters is 2. The van der Waals surface area contributed by atoms with E-state index in [1.165, 1.54) is 11.3 Å². The second-order valence-electron chi connectivity index (χ2n) is 7.11. The van der Waals surface area contributed by atoms with Crippen LogP contribution in [0.15, 0.2) is 36.5 Å². The first-order valence-electron chi connectivity index (χ1n) is 9.60. The third kappa shape index (κ3) is 4.23. The highest BCUT2D eigenvalue weighted by Crippen LogP contribution is 2.34. The van der Waals surface area contributed by atoms with Crippen molar-refractivity contribution in [2.24, 2.45) is 0 Å². The molecule has 8 heteroatoms. The molecule has 0 spiro atoms. The van der Waals surface area contributed by atoms with Crippen LogP contribution in [0.2, 0.25) is 0 Å². The van der Waals surface area contributed by atoms with E-state index in [1.807, 2.05) is 35.9 Å². The fourth-order valence-corrected chi connectivity index (χ4v) is 4.04. The van der Waals surface area contributed by atoms with E-state index in [-0.39, 0.29) is 18.6 Å². The Balaban J connectivity index is 1.90. The molecule has 0 bridgehead atoms. The molecule has 158 valence electrons. The van der Waals surface area contributed by atoms with Gasteiger partial charge in [0.2, 0.25) is 0 Å². The number of hydrogen-bond donors (Lipinski definition) is 1. The summed E-state index contributed by atoms with van der Waals surface area (Å²) >= 11 is 1.30. The maximum atomic E-state index is 12.1. The minimum Gasteiger partial charge on any atom is -0.462 e. The summed E-state index contributed by atoms with van der Waals surface area (Å²) in [6.07, 6.45) is 1.84. The van der Waals surface area contributed by atoms with Crippen LogP contribution < -0.4 is 5.73 Å². The van der Waals surface area contributed by atoms with Gasteiger partial charge >= 0.3 is 11.9 Å². The monoisotopic (exact) mass is 427 g/mol. The van der Waals surface area contributed by atoms with Gasteiger partial charge in [0.25, 0.3) is 0 Å². The van der Waals surface area contributed by atoms with E-state index in [9.17, 15) is 9.59 Å². The predicted molar refractivity (Wildman–Crippen MR) is 119 cm³/mol.